The van der Waals surface area contributed by atoms with Crippen LogP contribution in [0.15, 0.2) is 36.8 Å². The Kier molecular flexibility index (Phi) is 3.81. The molecule has 0 aliphatic rings. The molecule has 0 aliphatic carbocycles. The zero-order valence-corrected chi connectivity index (χ0v) is 13.1. The van der Waals surface area contributed by atoms with Gasteiger partial charge >= 0.3 is 0 Å². The fourth-order valence-corrected chi connectivity index (χ4v) is 2.67. The Labute approximate surface area is 129 Å². The first-order chi connectivity index (χ1) is 10.6. The molecule has 2 aromatic heterocycles. The van der Waals surface area contributed by atoms with Gasteiger partial charge < -0.3 is 14.6 Å². The second-order valence-corrected chi connectivity index (χ2v) is 5.42. The van der Waals surface area contributed by atoms with E-state index in [1.807, 2.05) is 36.9 Å². The van der Waals surface area contributed by atoms with Gasteiger partial charge in [-0.25, -0.2) is 9.97 Å². The van der Waals surface area contributed by atoms with Crippen LogP contribution in [-0.2, 0) is 20.1 Å². The molecule has 0 saturated carbocycles. The third kappa shape index (κ3) is 2.44. The average Bonchev–Trinajstić information content (AvgIpc) is 2.94. The van der Waals surface area contributed by atoms with E-state index in [-0.39, 0.29) is 6.61 Å². The van der Waals surface area contributed by atoms with E-state index in [2.05, 4.69) is 27.9 Å². The van der Waals surface area contributed by atoms with Gasteiger partial charge in [0.1, 0.15) is 11.3 Å². The van der Waals surface area contributed by atoms with Crippen molar-refractivity contribution >= 4 is 22.5 Å². The first-order valence-electron chi connectivity index (χ1n) is 7.37. The molecule has 5 nitrogen and oxygen atoms in total. The van der Waals surface area contributed by atoms with Crippen molar-refractivity contribution in [3.05, 3.63) is 47.9 Å². The lowest BCUT2D eigenvalue weighted by Gasteiger charge is -2.22. The van der Waals surface area contributed by atoms with Crippen LogP contribution in [0.3, 0.4) is 0 Å². The summed E-state index contributed by atoms with van der Waals surface area (Å²) < 4.78 is 1.99. The Morgan fingerprint density at radius 2 is 2.05 bits per heavy atom. The fraction of sp³-hybridized carbons (Fsp3) is 0.294. The van der Waals surface area contributed by atoms with E-state index in [4.69, 9.17) is 0 Å². The number of aryl methyl sites for hydroxylation is 2. The second-order valence-electron chi connectivity index (χ2n) is 5.42. The third-order valence-electron chi connectivity index (χ3n) is 4.01. The summed E-state index contributed by atoms with van der Waals surface area (Å²) in [6, 6.07) is 8.09. The highest BCUT2D eigenvalue weighted by Gasteiger charge is 2.12. The van der Waals surface area contributed by atoms with Gasteiger partial charge in [-0.2, -0.15) is 0 Å². The predicted octanol–water partition coefficient (Wildman–Crippen LogP) is 2.79. The van der Waals surface area contributed by atoms with Crippen LogP contribution in [0.1, 0.15) is 18.1 Å². The van der Waals surface area contributed by atoms with Gasteiger partial charge in [-0.1, -0.05) is 19.1 Å². The zero-order chi connectivity index (χ0) is 15.7. The Bertz CT molecular complexity index is 810. The Morgan fingerprint density at radius 1 is 1.23 bits per heavy atom. The quantitative estimate of drug-likeness (QED) is 0.804. The van der Waals surface area contributed by atoms with Crippen LogP contribution in [0, 0.1) is 0 Å². The summed E-state index contributed by atoms with van der Waals surface area (Å²) >= 11 is 0. The highest BCUT2D eigenvalue weighted by molar-refractivity contribution is 5.79. The number of benzene rings is 1. The number of anilines is 2. The van der Waals surface area contributed by atoms with Gasteiger partial charge in [0.25, 0.3) is 0 Å². The summed E-state index contributed by atoms with van der Waals surface area (Å²) in [6.45, 7) is 2.18. The maximum absolute atomic E-state index is 9.29. The Morgan fingerprint density at radius 3 is 2.77 bits per heavy atom. The molecular weight excluding hydrogens is 276 g/mol. The van der Waals surface area contributed by atoms with Gasteiger partial charge in [-0.3, -0.25) is 0 Å². The molecule has 2 heterocycles. The predicted molar refractivity (Wildman–Crippen MR) is 88.3 cm³/mol. The molecule has 0 amide bonds. The largest absolute Gasteiger partial charge is 0.392 e. The van der Waals surface area contributed by atoms with Crippen LogP contribution < -0.4 is 4.90 Å². The summed E-state index contributed by atoms with van der Waals surface area (Å²) in [5.41, 5.74) is 5.19. The summed E-state index contributed by atoms with van der Waals surface area (Å²) in [5.74, 6) is 0.877. The first kappa shape index (κ1) is 14.5. The molecule has 3 rings (SSSR count). The van der Waals surface area contributed by atoms with Gasteiger partial charge in [-0.15, -0.1) is 0 Å². The molecule has 0 spiro atoms. The van der Waals surface area contributed by atoms with Crippen molar-refractivity contribution in [3.63, 3.8) is 0 Å². The van der Waals surface area contributed by atoms with E-state index < -0.39 is 0 Å². The zero-order valence-electron chi connectivity index (χ0n) is 13.1. The molecule has 3 aromatic rings. The SMILES string of the molecule is CCc1cc(CO)ccc1N(C)c1cc2c(cn1)ncn2C. The van der Waals surface area contributed by atoms with E-state index >= 15 is 0 Å². The van der Waals surface area contributed by atoms with Crippen molar-refractivity contribution < 1.29 is 5.11 Å². The molecule has 1 aromatic carbocycles. The van der Waals surface area contributed by atoms with Crippen LogP contribution in [-0.4, -0.2) is 26.7 Å². The maximum Gasteiger partial charge on any atom is 0.134 e. The lowest BCUT2D eigenvalue weighted by molar-refractivity contribution is 0.282. The number of nitrogens with zero attached hydrogens (tertiary/aromatic N) is 4. The van der Waals surface area contributed by atoms with Crippen LogP contribution in [0.25, 0.3) is 11.0 Å². The van der Waals surface area contributed by atoms with Gasteiger partial charge in [0, 0.05) is 25.8 Å². The third-order valence-corrected chi connectivity index (χ3v) is 4.01. The molecule has 0 fully saturated rings. The van der Waals surface area contributed by atoms with E-state index in [1.165, 1.54) is 5.56 Å². The van der Waals surface area contributed by atoms with Crippen molar-refractivity contribution in [1.82, 2.24) is 14.5 Å². The van der Waals surface area contributed by atoms with Crippen molar-refractivity contribution in [3.8, 4) is 0 Å². The van der Waals surface area contributed by atoms with Crippen molar-refractivity contribution in [1.29, 1.82) is 0 Å². The van der Waals surface area contributed by atoms with Crippen LogP contribution in [0.5, 0.6) is 0 Å². The molecular formula is C17H20N4O. The number of rotatable bonds is 4. The van der Waals surface area contributed by atoms with Crippen LogP contribution in [0.2, 0.25) is 0 Å². The summed E-state index contributed by atoms with van der Waals surface area (Å²) in [6.07, 6.45) is 4.50. The number of aliphatic hydroxyl groups is 1. The number of imidazole rings is 1. The van der Waals surface area contributed by atoms with Gasteiger partial charge in [0.15, 0.2) is 0 Å². The number of pyridine rings is 1. The summed E-state index contributed by atoms with van der Waals surface area (Å²) in [7, 11) is 3.99. The van der Waals surface area contributed by atoms with E-state index in [0.29, 0.717) is 0 Å². The number of aliphatic hydroxyl groups excluding tert-OH is 1. The normalized spacial score (nSPS) is 11.1. The first-order valence-corrected chi connectivity index (χ1v) is 7.37. The minimum absolute atomic E-state index is 0.0657. The molecule has 0 bridgehead atoms. The van der Waals surface area contributed by atoms with E-state index in [9.17, 15) is 5.11 Å². The van der Waals surface area contributed by atoms with E-state index in [1.54, 1.807) is 12.5 Å². The molecule has 0 radical (unpaired) electrons. The standard InChI is InChI=1S/C17H20N4O/c1-4-13-7-12(10-22)5-6-15(13)21(3)17-8-16-14(9-18-17)19-11-20(16)2/h5-9,11,22H,4,10H2,1-3H3. The molecule has 22 heavy (non-hydrogen) atoms. The number of aromatic nitrogens is 3. The summed E-state index contributed by atoms with van der Waals surface area (Å²) in [4.78, 5) is 10.9. The van der Waals surface area contributed by atoms with Gasteiger partial charge in [0.2, 0.25) is 0 Å². The molecule has 0 atom stereocenters. The number of hydrogen-bond acceptors (Lipinski definition) is 4. The smallest absolute Gasteiger partial charge is 0.134 e. The van der Waals surface area contributed by atoms with Crippen molar-refractivity contribution in [2.75, 3.05) is 11.9 Å². The lowest BCUT2D eigenvalue weighted by atomic mass is 10.1. The molecule has 5 heteroatoms. The molecule has 0 aliphatic heterocycles. The lowest BCUT2D eigenvalue weighted by Crippen LogP contribution is -2.13. The number of fused-ring (bicyclic) bond motifs is 1. The minimum Gasteiger partial charge on any atom is -0.392 e. The summed E-state index contributed by atoms with van der Waals surface area (Å²) in [5, 5.41) is 9.29. The molecule has 0 saturated heterocycles. The highest BCUT2D eigenvalue weighted by atomic mass is 16.3. The van der Waals surface area contributed by atoms with Crippen molar-refractivity contribution in [2.24, 2.45) is 7.05 Å². The molecule has 1 N–H and O–H groups in total. The Balaban J connectivity index is 2.04. The van der Waals surface area contributed by atoms with Crippen molar-refractivity contribution in [2.45, 2.75) is 20.0 Å². The number of hydrogen-bond donors (Lipinski definition) is 1. The monoisotopic (exact) mass is 296 g/mol. The van der Waals surface area contributed by atoms with Gasteiger partial charge in [0.05, 0.1) is 24.6 Å². The average molecular weight is 296 g/mol. The maximum atomic E-state index is 9.29. The Hall–Kier alpha value is -2.40. The highest BCUT2D eigenvalue weighted by Crippen LogP contribution is 2.28. The van der Waals surface area contributed by atoms with Crippen LogP contribution in [0.4, 0.5) is 11.5 Å². The minimum atomic E-state index is 0.0657. The molecule has 114 valence electrons. The van der Waals surface area contributed by atoms with E-state index in [0.717, 1.165) is 34.5 Å². The topological polar surface area (TPSA) is 54.2 Å². The fourth-order valence-electron chi connectivity index (χ4n) is 2.67. The van der Waals surface area contributed by atoms with Gasteiger partial charge in [-0.05, 0) is 23.6 Å². The molecule has 0 unspecified atom stereocenters. The van der Waals surface area contributed by atoms with Crippen LogP contribution >= 0.6 is 0 Å². The second kappa shape index (κ2) is 5.77.